The Balaban J connectivity index is 1.18. The van der Waals surface area contributed by atoms with Crippen LogP contribution in [0.5, 0.6) is 0 Å². The monoisotopic (exact) mass is 684 g/mol. The highest BCUT2D eigenvalue weighted by molar-refractivity contribution is 7.80. The van der Waals surface area contributed by atoms with Gasteiger partial charge in [-0.25, -0.2) is 0 Å². The van der Waals surface area contributed by atoms with Gasteiger partial charge >= 0.3 is 0 Å². The van der Waals surface area contributed by atoms with Crippen LogP contribution in [0.2, 0.25) is 0 Å². The van der Waals surface area contributed by atoms with Crippen LogP contribution in [0, 0.1) is 0 Å². The second-order valence-corrected chi connectivity index (χ2v) is 14.7. The highest BCUT2D eigenvalue weighted by Gasteiger charge is 2.31. The molecular weight excluding hydrogens is 649 g/mol. The Labute approximate surface area is 309 Å². The van der Waals surface area contributed by atoms with E-state index >= 15 is 0 Å². The van der Waals surface area contributed by atoms with E-state index in [1.54, 1.807) is 0 Å². The fraction of sp³-hybridized carbons (Fsp3) is 0.0612. The molecule has 2 aromatic heterocycles. The predicted molar refractivity (Wildman–Crippen MR) is 224 cm³/mol. The van der Waals surface area contributed by atoms with Crippen LogP contribution >= 0.6 is 12.6 Å². The maximum Gasteiger partial charge on any atom is 0.0649 e. The van der Waals surface area contributed by atoms with E-state index in [-0.39, 0.29) is 5.54 Å². The van der Waals surface area contributed by atoms with Gasteiger partial charge in [0.05, 0.1) is 16.6 Å². The molecule has 0 aliphatic heterocycles. The number of nitrogens with zero attached hydrogens (tertiary/aromatic N) is 2. The lowest BCUT2D eigenvalue weighted by atomic mass is 9.84. The number of fused-ring (bicyclic) bond motifs is 6. The van der Waals surface area contributed by atoms with E-state index in [1.165, 1.54) is 77.1 Å². The van der Waals surface area contributed by atoms with Gasteiger partial charge in [0.1, 0.15) is 0 Å². The Morgan fingerprint density at radius 3 is 1.79 bits per heavy atom. The molecule has 1 aliphatic carbocycles. The summed E-state index contributed by atoms with van der Waals surface area (Å²) in [5, 5.41) is 5.02. The van der Waals surface area contributed by atoms with Crippen molar-refractivity contribution in [2.24, 2.45) is 0 Å². The minimum atomic E-state index is -0.261. The van der Waals surface area contributed by atoms with E-state index in [9.17, 15) is 0 Å². The summed E-state index contributed by atoms with van der Waals surface area (Å²) in [5.74, 6) is 0. The minimum absolute atomic E-state index is 0.261. The smallest absolute Gasteiger partial charge is 0.0649 e. The lowest BCUT2D eigenvalue weighted by Gasteiger charge is -2.34. The van der Waals surface area contributed by atoms with Crippen LogP contribution in [0.25, 0.3) is 77.1 Å². The number of rotatable bonds is 5. The van der Waals surface area contributed by atoms with Crippen molar-refractivity contribution in [3.63, 3.8) is 0 Å². The van der Waals surface area contributed by atoms with Gasteiger partial charge in [0, 0.05) is 43.2 Å². The van der Waals surface area contributed by atoms with Gasteiger partial charge in [-0.15, -0.1) is 12.6 Å². The lowest BCUT2D eigenvalue weighted by Crippen LogP contribution is -2.29. The number of hydrogen-bond donors (Lipinski definition) is 1. The molecule has 0 spiro atoms. The summed E-state index contributed by atoms with van der Waals surface area (Å²) in [4.78, 5) is 0.981. The van der Waals surface area contributed by atoms with E-state index in [0.29, 0.717) is 0 Å². The molecule has 1 aliphatic rings. The normalized spacial score (nSPS) is 15.9. The molecule has 52 heavy (non-hydrogen) atoms. The standard InChI is InChI=1S/C49H36N2S/c1-49(28-12-15-37(32-49)33-13-4-2-5-14-33)51-46-26-23-35(30-42(46)43-31-36(24-27-47(43)51)39-18-9-11-21-48(39)52)34-22-25-45-41(29-34)40-19-8-10-20-44(40)50(45)38-16-6-3-7-17-38/h2-31,52H,32H2,1H3. The van der Waals surface area contributed by atoms with Crippen molar-refractivity contribution in [1.29, 1.82) is 0 Å². The van der Waals surface area contributed by atoms with Gasteiger partial charge in [-0.1, -0.05) is 121 Å². The first kappa shape index (κ1) is 30.8. The van der Waals surface area contributed by atoms with Gasteiger partial charge in [-0.3, -0.25) is 0 Å². The first-order valence-corrected chi connectivity index (χ1v) is 18.4. The molecule has 0 saturated carbocycles. The van der Waals surface area contributed by atoms with Gasteiger partial charge in [-0.05, 0) is 107 Å². The molecule has 1 unspecified atom stereocenters. The van der Waals surface area contributed by atoms with Gasteiger partial charge in [-0.2, -0.15) is 0 Å². The number of thiol groups is 1. The van der Waals surface area contributed by atoms with Crippen LogP contribution < -0.4 is 0 Å². The summed E-state index contributed by atoms with van der Waals surface area (Å²) < 4.78 is 4.95. The first-order chi connectivity index (χ1) is 25.6. The molecule has 0 N–H and O–H groups in total. The average Bonchev–Trinajstić information content (AvgIpc) is 3.71. The van der Waals surface area contributed by atoms with E-state index in [0.717, 1.165) is 16.9 Å². The zero-order valence-electron chi connectivity index (χ0n) is 28.9. The third kappa shape index (κ3) is 4.88. The van der Waals surface area contributed by atoms with Crippen molar-refractivity contribution in [3.8, 4) is 27.9 Å². The fourth-order valence-electron chi connectivity index (χ4n) is 8.53. The van der Waals surface area contributed by atoms with Gasteiger partial charge < -0.3 is 9.13 Å². The second kappa shape index (κ2) is 12.0. The zero-order chi connectivity index (χ0) is 34.8. The van der Waals surface area contributed by atoms with Gasteiger partial charge in [0.2, 0.25) is 0 Å². The Kier molecular flexibility index (Phi) is 7.12. The summed E-state index contributed by atoms with van der Waals surface area (Å²) in [7, 11) is 0. The quantitative estimate of drug-likeness (QED) is 0.173. The topological polar surface area (TPSA) is 9.86 Å². The van der Waals surface area contributed by atoms with Crippen LogP contribution in [0.15, 0.2) is 187 Å². The van der Waals surface area contributed by atoms with Crippen molar-refractivity contribution >= 4 is 61.8 Å². The first-order valence-electron chi connectivity index (χ1n) is 18.0. The van der Waals surface area contributed by atoms with E-state index in [2.05, 4.69) is 192 Å². The lowest BCUT2D eigenvalue weighted by molar-refractivity contribution is 0.444. The van der Waals surface area contributed by atoms with Crippen LogP contribution in [0.1, 0.15) is 18.9 Å². The SMILES string of the molecule is CC1(n2c3ccc(-c4ccc5c(c4)c4ccccc4n5-c4ccccc4)cc3c3cc(-c4ccccc4S)ccc32)C=CC=C(c2ccccc2)C1. The van der Waals surface area contributed by atoms with E-state index in [1.807, 2.05) is 6.07 Å². The molecule has 248 valence electrons. The number of aromatic nitrogens is 2. The average molecular weight is 685 g/mol. The summed E-state index contributed by atoms with van der Waals surface area (Å²) in [5.41, 5.74) is 13.2. The summed E-state index contributed by atoms with van der Waals surface area (Å²) >= 11 is 4.84. The van der Waals surface area contributed by atoms with E-state index in [4.69, 9.17) is 12.6 Å². The van der Waals surface area contributed by atoms with Crippen molar-refractivity contribution < 1.29 is 0 Å². The van der Waals surface area contributed by atoms with Crippen molar-refractivity contribution in [3.05, 3.63) is 188 Å². The Morgan fingerprint density at radius 2 is 1.06 bits per heavy atom. The van der Waals surface area contributed by atoms with Gasteiger partial charge in [0.15, 0.2) is 0 Å². The van der Waals surface area contributed by atoms with Gasteiger partial charge in [0.25, 0.3) is 0 Å². The second-order valence-electron chi connectivity index (χ2n) is 14.2. The van der Waals surface area contributed by atoms with Crippen molar-refractivity contribution in [1.82, 2.24) is 9.13 Å². The predicted octanol–water partition coefficient (Wildman–Crippen LogP) is 13.3. The molecule has 10 rings (SSSR count). The highest BCUT2D eigenvalue weighted by Crippen LogP contribution is 2.44. The Hall–Kier alpha value is -6.03. The highest BCUT2D eigenvalue weighted by atomic mass is 32.1. The number of para-hydroxylation sites is 2. The fourth-order valence-corrected chi connectivity index (χ4v) is 8.81. The Bertz CT molecular complexity index is 2890. The summed E-state index contributed by atoms with van der Waals surface area (Å²) in [6.45, 7) is 2.37. The Morgan fingerprint density at radius 1 is 0.500 bits per heavy atom. The zero-order valence-corrected chi connectivity index (χ0v) is 29.8. The molecule has 1 atom stereocenters. The maximum absolute atomic E-state index is 4.84. The minimum Gasteiger partial charge on any atom is -0.331 e. The van der Waals surface area contributed by atoms with Crippen molar-refractivity contribution in [2.45, 2.75) is 23.8 Å². The molecule has 9 aromatic rings. The van der Waals surface area contributed by atoms with E-state index < -0.39 is 0 Å². The number of allylic oxidation sites excluding steroid dienone is 4. The molecule has 3 heteroatoms. The summed E-state index contributed by atoms with van der Waals surface area (Å²) in [6, 6.07) is 59.5. The van der Waals surface area contributed by atoms with Crippen LogP contribution in [-0.2, 0) is 5.54 Å². The number of hydrogen-bond acceptors (Lipinski definition) is 1. The molecule has 7 aromatic carbocycles. The molecule has 0 bridgehead atoms. The molecule has 0 amide bonds. The maximum atomic E-state index is 4.84. The number of benzene rings is 7. The van der Waals surface area contributed by atoms with Crippen molar-refractivity contribution in [2.75, 3.05) is 0 Å². The molecule has 2 heterocycles. The molecule has 0 fully saturated rings. The molecule has 0 radical (unpaired) electrons. The molecule has 2 nitrogen and oxygen atoms in total. The third-order valence-electron chi connectivity index (χ3n) is 11.0. The molecular formula is C49H36N2S. The van der Waals surface area contributed by atoms with Crippen LogP contribution in [0.4, 0.5) is 0 Å². The third-order valence-corrected chi connectivity index (χ3v) is 11.3. The molecule has 0 saturated heterocycles. The summed E-state index contributed by atoms with van der Waals surface area (Å²) in [6.07, 6.45) is 7.79. The largest absolute Gasteiger partial charge is 0.331 e. The van der Waals surface area contributed by atoms with Crippen LogP contribution in [-0.4, -0.2) is 9.13 Å². The van der Waals surface area contributed by atoms with Crippen LogP contribution in [0.3, 0.4) is 0 Å².